The predicted octanol–water partition coefficient (Wildman–Crippen LogP) is 2.34. The summed E-state index contributed by atoms with van der Waals surface area (Å²) in [6.07, 6.45) is 2.08. The van der Waals surface area contributed by atoms with Crippen LogP contribution in [0.2, 0.25) is 0 Å². The Morgan fingerprint density at radius 2 is 2.06 bits per heavy atom. The van der Waals surface area contributed by atoms with Gasteiger partial charge in [-0.25, -0.2) is 9.97 Å². The van der Waals surface area contributed by atoms with E-state index < -0.39 is 0 Å². The maximum atomic E-state index is 8.67. The van der Waals surface area contributed by atoms with Crippen molar-refractivity contribution < 1.29 is 0 Å². The van der Waals surface area contributed by atoms with Gasteiger partial charge in [0.1, 0.15) is 12.1 Å². The highest BCUT2D eigenvalue weighted by atomic mass is 15.2. The molecule has 16 heavy (non-hydrogen) atoms. The summed E-state index contributed by atoms with van der Waals surface area (Å²) in [4.78, 5) is 10.5. The molecule has 0 saturated heterocycles. The molecule has 0 aliphatic rings. The number of hydrogen-bond donors (Lipinski definition) is 0. The van der Waals surface area contributed by atoms with Crippen LogP contribution < -0.4 is 4.90 Å². The zero-order valence-corrected chi connectivity index (χ0v) is 10.3. The van der Waals surface area contributed by atoms with Crippen LogP contribution in [0.25, 0.3) is 0 Å². The molecule has 0 aliphatic heterocycles. The van der Waals surface area contributed by atoms with E-state index in [1.165, 1.54) is 0 Å². The van der Waals surface area contributed by atoms with Gasteiger partial charge in [-0.3, -0.25) is 0 Å². The maximum absolute atomic E-state index is 8.67. The first-order valence-electron chi connectivity index (χ1n) is 5.48. The fourth-order valence-corrected chi connectivity index (χ4v) is 1.36. The van der Waals surface area contributed by atoms with Gasteiger partial charge in [-0.1, -0.05) is 13.8 Å². The molecule has 0 saturated carbocycles. The lowest BCUT2D eigenvalue weighted by Gasteiger charge is -2.24. The minimum Gasteiger partial charge on any atom is -0.356 e. The minimum absolute atomic E-state index is 0.167. The van der Waals surface area contributed by atoms with Crippen LogP contribution in [0.15, 0.2) is 12.4 Å². The molecule has 0 aliphatic carbocycles. The first kappa shape index (κ1) is 12.4. The third-order valence-electron chi connectivity index (χ3n) is 2.67. The van der Waals surface area contributed by atoms with Crippen LogP contribution in [0.4, 0.5) is 5.82 Å². The molecular formula is C12H18N4. The standard InChI is InChI=1S/C12H18N4/c1-9(2)11-7-12(15-8-14-11)16(4)10(3)5-6-13/h7-10H,5H2,1-4H3. The van der Waals surface area contributed by atoms with Crippen molar-refractivity contribution in [2.24, 2.45) is 0 Å². The highest BCUT2D eigenvalue weighted by Gasteiger charge is 2.12. The second-order valence-corrected chi connectivity index (χ2v) is 4.28. The van der Waals surface area contributed by atoms with Crippen LogP contribution in [-0.2, 0) is 0 Å². The summed E-state index contributed by atoms with van der Waals surface area (Å²) in [5.41, 5.74) is 1.03. The van der Waals surface area contributed by atoms with Gasteiger partial charge in [-0.2, -0.15) is 5.26 Å². The Bertz CT molecular complexity index is 381. The second kappa shape index (κ2) is 5.45. The van der Waals surface area contributed by atoms with E-state index in [-0.39, 0.29) is 6.04 Å². The van der Waals surface area contributed by atoms with Gasteiger partial charge >= 0.3 is 0 Å². The Balaban J connectivity index is 2.87. The molecule has 0 amide bonds. The lowest BCUT2D eigenvalue weighted by Crippen LogP contribution is -2.29. The topological polar surface area (TPSA) is 52.8 Å². The Kier molecular flexibility index (Phi) is 4.24. The normalized spacial score (nSPS) is 12.2. The summed E-state index contributed by atoms with van der Waals surface area (Å²) in [6, 6.07) is 4.32. The van der Waals surface area contributed by atoms with Crippen molar-refractivity contribution in [2.45, 2.75) is 39.2 Å². The van der Waals surface area contributed by atoms with E-state index in [0.717, 1.165) is 11.5 Å². The van der Waals surface area contributed by atoms with E-state index in [2.05, 4.69) is 29.9 Å². The molecule has 0 bridgehead atoms. The number of nitriles is 1. The van der Waals surface area contributed by atoms with E-state index in [4.69, 9.17) is 5.26 Å². The fourth-order valence-electron chi connectivity index (χ4n) is 1.36. The summed E-state index contributed by atoms with van der Waals surface area (Å²) in [7, 11) is 1.95. The molecule has 0 spiro atoms. The Labute approximate surface area is 96.9 Å². The van der Waals surface area contributed by atoms with Crippen molar-refractivity contribution in [3.63, 3.8) is 0 Å². The third-order valence-corrected chi connectivity index (χ3v) is 2.67. The molecule has 0 fully saturated rings. The summed E-state index contributed by atoms with van der Waals surface area (Å²) in [5.74, 6) is 1.27. The predicted molar refractivity (Wildman–Crippen MR) is 64.2 cm³/mol. The number of aromatic nitrogens is 2. The van der Waals surface area contributed by atoms with Crippen molar-refractivity contribution in [3.05, 3.63) is 18.1 Å². The number of anilines is 1. The van der Waals surface area contributed by atoms with Crippen LogP contribution >= 0.6 is 0 Å². The Morgan fingerprint density at radius 1 is 1.38 bits per heavy atom. The smallest absolute Gasteiger partial charge is 0.132 e. The highest BCUT2D eigenvalue weighted by Crippen LogP contribution is 2.18. The van der Waals surface area contributed by atoms with Gasteiger partial charge in [0.2, 0.25) is 0 Å². The van der Waals surface area contributed by atoms with Crippen LogP contribution in [0.5, 0.6) is 0 Å². The van der Waals surface area contributed by atoms with Gasteiger partial charge in [-0.15, -0.1) is 0 Å². The van der Waals surface area contributed by atoms with Gasteiger partial charge < -0.3 is 4.90 Å². The monoisotopic (exact) mass is 218 g/mol. The molecule has 0 aromatic carbocycles. The average Bonchev–Trinajstić information content (AvgIpc) is 2.28. The minimum atomic E-state index is 0.167. The lowest BCUT2D eigenvalue weighted by molar-refractivity contribution is 0.689. The molecule has 1 aromatic rings. The summed E-state index contributed by atoms with van der Waals surface area (Å²) in [6.45, 7) is 6.22. The zero-order valence-electron chi connectivity index (χ0n) is 10.3. The van der Waals surface area contributed by atoms with Crippen molar-refractivity contribution in [3.8, 4) is 6.07 Å². The van der Waals surface area contributed by atoms with E-state index >= 15 is 0 Å². The SMILES string of the molecule is CC(C)c1cc(N(C)C(C)CC#N)ncn1. The molecule has 4 heteroatoms. The van der Waals surface area contributed by atoms with Gasteiger partial charge in [-0.05, 0) is 12.8 Å². The molecule has 0 N–H and O–H groups in total. The lowest BCUT2D eigenvalue weighted by atomic mass is 10.1. The molecule has 1 atom stereocenters. The first-order chi connectivity index (χ1) is 7.56. The molecule has 4 nitrogen and oxygen atoms in total. The highest BCUT2D eigenvalue weighted by molar-refractivity contribution is 5.39. The second-order valence-electron chi connectivity index (χ2n) is 4.28. The molecule has 1 aromatic heterocycles. The van der Waals surface area contributed by atoms with Crippen LogP contribution in [0.3, 0.4) is 0 Å². The number of nitrogens with zero attached hydrogens (tertiary/aromatic N) is 4. The third kappa shape index (κ3) is 2.93. The molecule has 0 radical (unpaired) electrons. The summed E-state index contributed by atoms with van der Waals surface area (Å²) < 4.78 is 0. The molecule has 1 rings (SSSR count). The fraction of sp³-hybridized carbons (Fsp3) is 0.583. The van der Waals surface area contributed by atoms with Crippen molar-refractivity contribution in [1.82, 2.24) is 9.97 Å². The van der Waals surface area contributed by atoms with Crippen LogP contribution in [0, 0.1) is 11.3 Å². The van der Waals surface area contributed by atoms with Gasteiger partial charge in [0.05, 0.1) is 12.5 Å². The first-order valence-corrected chi connectivity index (χ1v) is 5.48. The Hall–Kier alpha value is -1.63. The number of rotatable bonds is 4. The van der Waals surface area contributed by atoms with Crippen molar-refractivity contribution in [2.75, 3.05) is 11.9 Å². The van der Waals surface area contributed by atoms with E-state index in [1.54, 1.807) is 6.33 Å². The summed E-state index contributed by atoms with van der Waals surface area (Å²) >= 11 is 0. The molecular weight excluding hydrogens is 200 g/mol. The van der Waals surface area contributed by atoms with E-state index in [9.17, 15) is 0 Å². The molecule has 86 valence electrons. The zero-order chi connectivity index (χ0) is 12.1. The maximum Gasteiger partial charge on any atom is 0.132 e. The summed E-state index contributed by atoms with van der Waals surface area (Å²) in [5, 5.41) is 8.67. The van der Waals surface area contributed by atoms with E-state index in [0.29, 0.717) is 12.3 Å². The van der Waals surface area contributed by atoms with Crippen LogP contribution in [-0.4, -0.2) is 23.1 Å². The van der Waals surface area contributed by atoms with Crippen molar-refractivity contribution >= 4 is 5.82 Å². The van der Waals surface area contributed by atoms with Crippen molar-refractivity contribution in [1.29, 1.82) is 5.26 Å². The van der Waals surface area contributed by atoms with Gasteiger partial charge in [0.15, 0.2) is 0 Å². The van der Waals surface area contributed by atoms with Gasteiger partial charge in [0, 0.05) is 24.8 Å². The largest absolute Gasteiger partial charge is 0.356 e. The molecule has 1 heterocycles. The van der Waals surface area contributed by atoms with E-state index in [1.807, 2.05) is 24.9 Å². The van der Waals surface area contributed by atoms with Gasteiger partial charge in [0.25, 0.3) is 0 Å². The Morgan fingerprint density at radius 3 is 2.62 bits per heavy atom. The quantitative estimate of drug-likeness (QED) is 0.778. The number of hydrogen-bond acceptors (Lipinski definition) is 4. The molecule has 1 unspecified atom stereocenters. The van der Waals surface area contributed by atoms with Crippen LogP contribution in [0.1, 0.15) is 38.8 Å². The average molecular weight is 218 g/mol.